The summed E-state index contributed by atoms with van der Waals surface area (Å²) in [7, 11) is -3.77. The Balaban J connectivity index is 1.46. The van der Waals surface area contributed by atoms with Crippen molar-refractivity contribution in [2.75, 3.05) is 31.1 Å². The Labute approximate surface area is 161 Å². The van der Waals surface area contributed by atoms with Gasteiger partial charge in [-0.25, -0.2) is 12.8 Å². The van der Waals surface area contributed by atoms with E-state index in [4.69, 9.17) is 8.83 Å². The number of hydrogen-bond donors (Lipinski definition) is 0. The molecule has 1 aliphatic rings. The van der Waals surface area contributed by atoms with Crippen LogP contribution in [0.5, 0.6) is 0 Å². The molecule has 1 fully saturated rings. The molecule has 1 aliphatic heterocycles. The highest BCUT2D eigenvalue weighted by atomic mass is 32.2. The van der Waals surface area contributed by atoms with E-state index in [1.54, 1.807) is 12.1 Å². The molecule has 3 aromatic rings. The van der Waals surface area contributed by atoms with E-state index in [1.807, 2.05) is 11.8 Å². The van der Waals surface area contributed by atoms with Gasteiger partial charge in [0.15, 0.2) is 0 Å². The third-order valence-corrected chi connectivity index (χ3v) is 6.38. The summed E-state index contributed by atoms with van der Waals surface area (Å²) in [6.07, 6.45) is 1.89. The van der Waals surface area contributed by atoms with Gasteiger partial charge in [-0.3, -0.25) is 0 Å². The van der Waals surface area contributed by atoms with E-state index < -0.39 is 10.0 Å². The van der Waals surface area contributed by atoms with Crippen LogP contribution in [-0.2, 0) is 16.4 Å². The number of benzene rings is 1. The second kappa shape index (κ2) is 7.36. The van der Waals surface area contributed by atoms with Crippen LogP contribution in [0.2, 0.25) is 0 Å². The van der Waals surface area contributed by atoms with E-state index in [0.29, 0.717) is 44.1 Å². The molecule has 3 heterocycles. The number of furan rings is 1. The van der Waals surface area contributed by atoms with Crippen molar-refractivity contribution in [3.05, 3.63) is 48.3 Å². The lowest BCUT2D eigenvalue weighted by molar-refractivity contribution is 0.362. The summed E-state index contributed by atoms with van der Waals surface area (Å²) in [5.41, 5.74) is 1.29. The smallest absolute Gasteiger partial charge is 0.276 e. The fourth-order valence-corrected chi connectivity index (χ4v) is 4.39. The first-order chi connectivity index (χ1) is 13.5. The van der Waals surface area contributed by atoms with E-state index in [1.165, 1.54) is 28.8 Å². The minimum Gasteiger partial charge on any atom is -0.451 e. The number of anilines is 1. The molecule has 0 spiro atoms. The normalized spacial score (nSPS) is 15.9. The fraction of sp³-hybridized carbons (Fsp3) is 0.333. The molecular formula is C18H19FN4O4S. The lowest BCUT2D eigenvalue weighted by Crippen LogP contribution is -2.48. The van der Waals surface area contributed by atoms with Crippen molar-refractivity contribution in [1.82, 2.24) is 14.5 Å². The van der Waals surface area contributed by atoms with Crippen molar-refractivity contribution in [2.45, 2.75) is 18.4 Å². The van der Waals surface area contributed by atoms with Gasteiger partial charge in [-0.15, -0.1) is 10.2 Å². The molecule has 1 aromatic carbocycles. The molecule has 0 unspecified atom stereocenters. The number of piperazine rings is 1. The van der Waals surface area contributed by atoms with Gasteiger partial charge >= 0.3 is 0 Å². The standard InChI is InChI=1S/C18H19FN4O4S/c1-2-16-20-21-18(27-16)13-11-17(26-12-13)28(24,25)23-9-7-22(8-10-23)15-5-3-14(19)4-6-15/h3-6,11-12H,2,7-10H2,1H3. The highest BCUT2D eigenvalue weighted by molar-refractivity contribution is 7.89. The molecule has 0 N–H and O–H groups in total. The lowest BCUT2D eigenvalue weighted by Gasteiger charge is -2.34. The molecule has 8 nitrogen and oxygen atoms in total. The van der Waals surface area contributed by atoms with Crippen LogP contribution >= 0.6 is 0 Å². The minimum atomic E-state index is -3.77. The molecule has 0 saturated carbocycles. The second-order valence-electron chi connectivity index (χ2n) is 6.38. The molecule has 0 aliphatic carbocycles. The number of nitrogens with zero attached hydrogens (tertiary/aromatic N) is 4. The van der Waals surface area contributed by atoms with E-state index in [0.717, 1.165) is 5.69 Å². The first-order valence-corrected chi connectivity index (χ1v) is 10.3. The van der Waals surface area contributed by atoms with Gasteiger partial charge < -0.3 is 13.7 Å². The van der Waals surface area contributed by atoms with Crippen molar-refractivity contribution < 1.29 is 21.6 Å². The number of sulfonamides is 1. The van der Waals surface area contributed by atoms with Crippen LogP contribution < -0.4 is 4.90 Å². The first-order valence-electron chi connectivity index (χ1n) is 8.89. The van der Waals surface area contributed by atoms with Crippen LogP contribution in [0.15, 0.2) is 50.5 Å². The van der Waals surface area contributed by atoms with Crippen LogP contribution in [0, 0.1) is 5.82 Å². The van der Waals surface area contributed by atoms with E-state index in [2.05, 4.69) is 10.2 Å². The maximum Gasteiger partial charge on any atom is 0.276 e. The number of aryl methyl sites for hydroxylation is 1. The Morgan fingerprint density at radius 3 is 2.46 bits per heavy atom. The van der Waals surface area contributed by atoms with Gasteiger partial charge in [0.25, 0.3) is 15.9 Å². The van der Waals surface area contributed by atoms with Crippen molar-refractivity contribution in [3.63, 3.8) is 0 Å². The van der Waals surface area contributed by atoms with Crippen molar-refractivity contribution in [3.8, 4) is 11.5 Å². The summed E-state index contributed by atoms with van der Waals surface area (Å²) in [6, 6.07) is 7.56. The molecule has 148 valence electrons. The number of aromatic nitrogens is 2. The predicted molar refractivity (Wildman–Crippen MR) is 98.7 cm³/mol. The van der Waals surface area contributed by atoms with Gasteiger partial charge in [-0.2, -0.15) is 4.31 Å². The number of halogens is 1. The molecule has 1 saturated heterocycles. The van der Waals surface area contributed by atoms with Gasteiger partial charge in [-0.1, -0.05) is 6.92 Å². The average Bonchev–Trinajstić information content (AvgIpc) is 3.38. The van der Waals surface area contributed by atoms with Crippen LogP contribution in [0.3, 0.4) is 0 Å². The highest BCUT2D eigenvalue weighted by Gasteiger charge is 2.31. The summed E-state index contributed by atoms with van der Waals surface area (Å²) in [4.78, 5) is 2.02. The molecule has 0 radical (unpaired) electrons. The van der Waals surface area contributed by atoms with Crippen LogP contribution in [0.4, 0.5) is 10.1 Å². The van der Waals surface area contributed by atoms with E-state index in [9.17, 15) is 12.8 Å². The average molecular weight is 406 g/mol. The predicted octanol–water partition coefficient (Wildman–Crippen LogP) is 2.54. The Morgan fingerprint density at radius 1 is 1.11 bits per heavy atom. The quantitative estimate of drug-likeness (QED) is 0.643. The zero-order valence-electron chi connectivity index (χ0n) is 15.2. The molecule has 0 bridgehead atoms. The summed E-state index contributed by atoms with van der Waals surface area (Å²) in [5.74, 6) is 0.395. The monoisotopic (exact) mass is 406 g/mol. The number of hydrogen-bond acceptors (Lipinski definition) is 7. The Kier molecular flexibility index (Phi) is 4.90. The lowest BCUT2D eigenvalue weighted by atomic mass is 10.2. The van der Waals surface area contributed by atoms with Crippen molar-refractivity contribution >= 4 is 15.7 Å². The van der Waals surface area contributed by atoms with E-state index >= 15 is 0 Å². The van der Waals surface area contributed by atoms with Gasteiger partial charge in [0.05, 0.1) is 5.56 Å². The maximum atomic E-state index is 13.1. The van der Waals surface area contributed by atoms with Gasteiger partial charge in [0, 0.05) is 44.4 Å². The second-order valence-corrected chi connectivity index (χ2v) is 8.25. The molecule has 0 amide bonds. The van der Waals surface area contributed by atoms with E-state index in [-0.39, 0.29) is 16.8 Å². The largest absolute Gasteiger partial charge is 0.451 e. The first kappa shape index (κ1) is 18.6. The van der Waals surface area contributed by atoms with Gasteiger partial charge in [-0.05, 0) is 24.3 Å². The maximum absolute atomic E-state index is 13.1. The molecule has 2 aromatic heterocycles. The molecular weight excluding hydrogens is 387 g/mol. The summed E-state index contributed by atoms with van der Waals surface area (Å²) >= 11 is 0. The summed E-state index contributed by atoms with van der Waals surface area (Å²) in [5, 5.41) is 7.61. The summed E-state index contributed by atoms with van der Waals surface area (Å²) < 4.78 is 50.9. The molecule has 4 rings (SSSR count). The Morgan fingerprint density at radius 2 is 1.82 bits per heavy atom. The minimum absolute atomic E-state index is 0.158. The highest BCUT2D eigenvalue weighted by Crippen LogP contribution is 2.27. The number of rotatable bonds is 5. The van der Waals surface area contributed by atoms with Gasteiger partial charge in [0.2, 0.25) is 11.0 Å². The zero-order valence-corrected chi connectivity index (χ0v) is 16.0. The topological polar surface area (TPSA) is 92.7 Å². The van der Waals surface area contributed by atoms with Crippen LogP contribution in [0.25, 0.3) is 11.5 Å². The van der Waals surface area contributed by atoms with Crippen molar-refractivity contribution in [1.29, 1.82) is 0 Å². The SMILES string of the molecule is CCc1nnc(-c2coc(S(=O)(=O)N3CCN(c4ccc(F)cc4)CC3)c2)o1. The molecule has 10 heteroatoms. The zero-order chi connectivity index (χ0) is 19.7. The Bertz CT molecular complexity index is 1050. The Hall–Kier alpha value is -2.72. The molecule has 0 atom stereocenters. The van der Waals surface area contributed by atoms with Crippen LogP contribution in [0.1, 0.15) is 12.8 Å². The third kappa shape index (κ3) is 3.52. The van der Waals surface area contributed by atoms with Crippen molar-refractivity contribution in [2.24, 2.45) is 0 Å². The third-order valence-electron chi connectivity index (χ3n) is 4.62. The fourth-order valence-electron chi connectivity index (χ4n) is 3.04. The summed E-state index contributed by atoms with van der Waals surface area (Å²) in [6.45, 7) is 3.49. The van der Waals surface area contributed by atoms with Crippen LogP contribution in [-0.4, -0.2) is 49.1 Å². The van der Waals surface area contributed by atoms with Gasteiger partial charge in [0.1, 0.15) is 12.1 Å². The molecule has 28 heavy (non-hydrogen) atoms.